The molecule has 2 unspecified atom stereocenters. The Hall–Kier alpha value is -0.120. The summed E-state index contributed by atoms with van der Waals surface area (Å²) in [5.74, 6) is 0. The van der Waals surface area contributed by atoms with E-state index in [9.17, 15) is 0 Å². The molecule has 1 saturated carbocycles. The second-order valence-electron chi connectivity index (χ2n) is 5.95. The van der Waals surface area contributed by atoms with E-state index < -0.39 is 0 Å². The van der Waals surface area contributed by atoms with Gasteiger partial charge < -0.3 is 10.2 Å². The molecule has 0 radical (unpaired) electrons. The van der Waals surface area contributed by atoms with Crippen LogP contribution in [0.25, 0.3) is 0 Å². The van der Waals surface area contributed by atoms with Crippen molar-refractivity contribution in [3.8, 4) is 0 Å². The standard InChI is InChI=1S/C14H29N3/c1-4-14(10-15-13-6-7-13)17-9-5-8-16(3)11-12(17)2/h12-15H,4-11H2,1-3H3. The largest absolute Gasteiger partial charge is 0.312 e. The maximum absolute atomic E-state index is 3.70. The lowest BCUT2D eigenvalue weighted by Gasteiger charge is -2.35. The Balaban J connectivity index is 1.86. The number of hydrogen-bond donors (Lipinski definition) is 1. The third-order valence-corrected chi connectivity index (χ3v) is 4.26. The molecule has 0 aromatic carbocycles. The molecule has 0 amide bonds. The van der Waals surface area contributed by atoms with Crippen LogP contribution in [0.3, 0.4) is 0 Å². The molecular weight excluding hydrogens is 210 g/mol. The minimum Gasteiger partial charge on any atom is -0.312 e. The summed E-state index contributed by atoms with van der Waals surface area (Å²) in [6, 6.07) is 2.28. The summed E-state index contributed by atoms with van der Waals surface area (Å²) >= 11 is 0. The average molecular weight is 239 g/mol. The van der Waals surface area contributed by atoms with Crippen LogP contribution < -0.4 is 5.32 Å². The second-order valence-corrected chi connectivity index (χ2v) is 5.95. The smallest absolute Gasteiger partial charge is 0.0221 e. The van der Waals surface area contributed by atoms with Crippen LogP contribution in [0, 0.1) is 0 Å². The van der Waals surface area contributed by atoms with Gasteiger partial charge in [-0.05, 0) is 46.2 Å². The van der Waals surface area contributed by atoms with Crippen molar-refractivity contribution in [1.29, 1.82) is 0 Å². The van der Waals surface area contributed by atoms with Gasteiger partial charge in [0.15, 0.2) is 0 Å². The first-order chi connectivity index (χ1) is 8.20. The summed E-state index contributed by atoms with van der Waals surface area (Å²) in [4.78, 5) is 5.21. The van der Waals surface area contributed by atoms with Crippen molar-refractivity contribution in [2.75, 3.05) is 33.2 Å². The molecule has 1 N–H and O–H groups in total. The molecule has 17 heavy (non-hydrogen) atoms. The van der Waals surface area contributed by atoms with Crippen LogP contribution in [0.2, 0.25) is 0 Å². The number of nitrogens with zero attached hydrogens (tertiary/aromatic N) is 2. The lowest BCUT2D eigenvalue weighted by molar-refractivity contribution is 0.136. The molecule has 1 aliphatic carbocycles. The van der Waals surface area contributed by atoms with Crippen molar-refractivity contribution in [1.82, 2.24) is 15.1 Å². The van der Waals surface area contributed by atoms with Crippen LogP contribution in [-0.4, -0.2) is 61.2 Å². The van der Waals surface area contributed by atoms with Gasteiger partial charge in [-0.15, -0.1) is 0 Å². The minimum atomic E-state index is 0.702. The number of hydrogen-bond acceptors (Lipinski definition) is 3. The molecule has 2 aliphatic rings. The predicted molar refractivity (Wildman–Crippen MR) is 73.4 cm³/mol. The zero-order chi connectivity index (χ0) is 12.3. The Labute approximate surface area is 107 Å². The highest BCUT2D eigenvalue weighted by molar-refractivity contribution is 4.86. The van der Waals surface area contributed by atoms with Gasteiger partial charge in [-0.1, -0.05) is 6.92 Å². The lowest BCUT2D eigenvalue weighted by Crippen LogP contribution is -2.48. The van der Waals surface area contributed by atoms with Gasteiger partial charge in [0.1, 0.15) is 0 Å². The van der Waals surface area contributed by atoms with Crippen LogP contribution >= 0.6 is 0 Å². The lowest BCUT2D eigenvalue weighted by atomic mass is 10.1. The molecule has 1 saturated heterocycles. The van der Waals surface area contributed by atoms with E-state index >= 15 is 0 Å². The molecule has 2 rings (SSSR count). The number of nitrogens with one attached hydrogen (secondary N) is 1. The highest BCUT2D eigenvalue weighted by Crippen LogP contribution is 2.20. The fourth-order valence-electron chi connectivity index (χ4n) is 3.02. The van der Waals surface area contributed by atoms with Crippen molar-refractivity contribution < 1.29 is 0 Å². The zero-order valence-electron chi connectivity index (χ0n) is 11.8. The van der Waals surface area contributed by atoms with Crippen LogP contribution in [0.4, 0.5) is 0 Å². The summed E-state index contributed by atoms with van der Waals surface area (Å²) in [6.45, 7) is 9.67. The van der Waals surface area contributed by atoms with Gasteiger partial charge >= 0.3 is 0 Å². The fourth-order valence-corrected chi connectivity index (χ4v) is 3.02. The maximum Gasteiger partial charge on any atom is 0.0221 e. The summed E-state index contributed by atoms with van der Waals surface area (Å²) in [7, 11) is 2.25. The van der Waals surface area contributed by atoms with Crippen molar-refractivity contribution in [3.63, 3.8) is 0 Å². The molecule has 3 heteroatoms. The van der Waals surface area contributed by atoms with Gasteiger partial charge in [-0.25, -0.2) is 0 Å². The monoisotopic (exact) mass is 239 g/mol. The maximum atomic E-state index is 3.70. The van der Waals surface area contributed by atoms with E-state index in [1.54, 1.807) is 0 Å². The van der Waals surface area contributed by atoms with E-state index in [0.717, 1.165) is 12.1 Å². The summed E-state index contributed by atoms with van der Waals surface area (Å²) in [5.41, 5.74) is 0. The molecule has 1 heterocycles. The van der Waals surface area contributed by atoms with E-state index in [1.807, 2.05) is 0 Å². The third-order valence-electron chi connectivity index (χ3n) is 4.26. The molecule has 0 aromatic heterocycles. The topological polar surface area (TPSA) is 18.5 Å². The molecule has 2 atom stereocenters. The van der Waals surface area contributed by atoms with Crippen molar-refractivity contribution >= 4 is 0 Å². The van der Waals surface area contributed by atoms with Crippen molar-refractivity contribution in [3.05, 3.63) is 0 Å². The Morgan fingerprint density at radius 3 is 2.71 bits per heavy atom. The first kappa shape index (κ1) is 13.3. The highest BCUT2D eigenvalue weighted by Gasteiger charge is 2.27. The molecule has 100 valence electrons. The Bertz CT molecular complexity index is 228. The number of likely N-dealkylation sites (N-methyl/N-ethyl adjacent to an activating group) is 1. The highest BCUT2D eigenvalue weighted by atomic mass is 15.3. The number of rotatable bonds is 5. The summed E-state index contributed by atoms with van der Waals surface area (Å²) < 4.78 is 0. The SMILES string of the molecule is CCC(CNC1CC1)N1CCCN(C)CC1C. The molecule has 0 spiro atoms. The van der Waals surface area contributed by atoms with E-state index in [2.05, 4.69) is 36.0 Å². The van der Waals surface area contributed by atoms with Crippen molar-refractivity contribution in [2.24, 2.45) is 0 Å². The van der Waals surface area contributed by atoms with Gasteiger partial charge in [0.2, 0.25) is 0 Å². The molecule has 3 nitrogen and oxygen atoms in total. The van der Waals surface area contributed by atoms with E-state index in [1.165, 1.54) is 51.9 Å². The van der Waals surface area contributed by atoms with Crippen LogP contribution in [0.1, 0.15) is 39.5 Å². The second kappa shape index (κ2) is 6.17. The third kappa shape index (κ3) is 3.94. The molecular formula is C14H29N3. The van der Waals surface area contributed by atoms with E-state index in [0.29, 0.717) is 6.04 Å². The van der Waals surface area contributed by atoms with Crippen LogP contribution in [0.15, 0.2) is 0 Å². The Morgan fingerprint density at radius 2 is 2.06 bits per heavy atom. The minimum absolute atomic E-state index is 0.702. The van der Waals surface area contributed by atoms with Crippen molar-refractivity contribution in [2.45, 2.75) is 57.7 Å². The normalized spacial score (nSPS) is 30.2. The van der Waals surface area contributed by atoms with Gasteiger partial charge in [0, 0.05) is 37.8 Å². The zero-order valence-corrected chi connectivity index (χ0v) is 11.8. The summed E-state index contributed by atoms with van der Waals surface area (Å²) in [6.07, 6.45) is 5.39. The predicted octanol–water partition coefficient (Wildman–Crippen LogP) is 1.54. The van der Waals surface area contributed by atoms with E-state index in [-0.39, 0.29) is 0 Å². The Morgan fingerprint density at radius 1 is 1.29 bits per heavy atom. The van der Waals surface area contributed by atoms with Gasteiger partial charge in [-0.2, -0.15) is 0 Å². The van der Waals surface area contributed by atoms with Gasteiger partial charge in [0.25, 0.3) is 0 Å². The fraction of sp³-hybridized carbons (Fsp3) is 1.00. The van der Waals surface area contributed by atoms with Crippen LogP contribution in [0.5, 0.6) is 0 Å². The molecule has 2 fully saturated rings. The first-order valence-electron chi connectivity index (χ1n) is 7.38. The Kier molecular flexibility index (Phi) is 4.83. The molecule has 1 aliphatic heterocycles. The quantitative estimate of drug-likeness (QED) is 0.785. The first-order valence-corrected chi connectivity index (χ1v) is 7.38. The van der Waals surface area contributed by atoms with Gasteiger partial charge in [-0.3, -0.25) is 4.90 Å². The summed E-state index contributed by atoms with van der Waals surface area (Å²) in [5, 5.41) is 3.70. The van der Waals surface area contributed by atoms with Gasteiger partial charge in [0.05, 0.1) is 0 Å². The van der Waals surface area contributed by atoms with E-state index in [4.69, 9.17) is 0 Å². The average Bonchev–Trinajstić information content (AvgIpc) is 3.10. The van der Waals surface area contributed by atoms with Crippen LogP contribution in [-0.2, 0) is 0 Å². The molecule has 0 bridgehead atoms. The molecule has 0 aromatic rings.